The molecule has 15 heavy (non-hydrogen) atoms. The summed E-state index contributed by atoms with van der Waals surface area (Å²) in [5.74, 6) is 0. The largest absolute Gasteiger partial charge is 0.296 e. The molecule has 0 atom stereocenters. The van der Waals surface area contributed by atoms with E-state index < -0.39 is 0 Å². The van der Waals surface area contributed by atoms with Crippen LogP contribution in [0.4, 0.5) is 0 Å². The lowest BCUT2D eigenvalue weighted by molar-refractivity contribution is 0.111. The van der Waals surface area contributed by atoms with Crippen molar-refractivity contribution in [2.45, 2.75) is 13.8 Å². The van der Waals surface area contributed by atoms with E-state index in [4.69, 9.17) is 0 Å². The van der Waals surface area contributed by atoms with Gasteiger partial charge in [-0.2, -0.15) is 0 Å². The molecule has 0 aliphatic carbocycles. The van der Waals surface area contributed by atoms with Crippen LogP contribution in [0.1, 0.15) is 21.1 Å². The Morgan fingerprint density at radius 1 is 1.40 bits per heavy atom. The van der Waals surface area contributed by atoms with Gasteiger partial charge < -0.3 is 0 Å². The van der Waals surface area contributed by atoms with E-state index >= 15 is 0 Å². The zero-order valence-electron chi connectivity index (χ0n) is 8.52. The number of pyridine rings is 1. The molecule has 0 aromatic carbocycles. The summed E-state index contributed by atoms with van der Waals surface area (Å²) in [6.45, 7) is 3.84. The van der Waals surface area contributed by atoms with E-state index in [9.17, 15) is 4.79 Å². The molecule has 2 heterocycles. The first-order valence-electron chi connectivity index (χ1n) is 4.56. The molecular formula is C11H10N2OS. The number of aldehydes is 1. The summed E-state index contributed by atoms with van der Waals surface area (Å²) in [5, 5.41) is 0.875. The van der Waals surface area contributed by atoms with Gasteiger partial charge in [-0.3, -0.25) is 9.78 Å². The number of carbonyl (C=O) groups excluding carboxylic acids is 1. The van der Waals surface area contributed by atoms with Gasteiger partial charge in [-0.05, 0) is 26.0 Å². The molecule has 0 aliphatic rings. The highest BCUT2D eigenvalue weighted by molar-refractivity contribution is 7.15. The monoisotopic (exact) mass is 218 g/mol. The van der Waals surface area contributed by atoms with Crippen molar-refractivity contribution in [1.82, 2.24) is 9.97 Å². The van der Waals surface area contributed by atoms with Gasteiger partial charge in [-0.1, -0.05) is 0 Å². The Labute approximate surface area is 91.8 Å². The van der Waals surface area contributed by atoms with Crippen LogP contribution in [0, 0.1) is 13.8 Å². The molecule has 2 aromatic rings. The van der Waals surface area contributed by atoms with E-state index in [1.807, 2.05) is 26.0 Å². The quantitative estimate of drug-likeness (QED) is 0.728. The fourth-order valence-corrected chi connectivity index (χ4v) is 2.20. The molecule has 0 fully saturated rings. The molecule has 0 bridgehead atoms. The minimum absolute atomic E-state index is 0.532. The summed E-state index contributed by atoms with van der Waals surface area (Å²) in [4.78, 5) is 20.0. The molecule has 0 aliphatic heterocycles. The van der Waals surface area contributed by atoms with Gasteiger partial charge in [0.25, 0.3) is 0 Å². The Balaban J connectivity index is 2.49. The predicted molar refractivity (Wildman–Crippen MR) is 60.2 cm³/mol. The first-order valence-corrected chi connectivity index (χ1v) is 5.38. The Bertz CT molecular complexity index is 505. The highest BCUT2D eigenvalue weighted by Crippen LogP contribution is 2.26. The van der Waals surface area contributed by atoms with Crippen LogP contribution in [0.2, 0.25) is 0 Å². The number of hydrogen-bond acceptors (Lipinski definition) is 4. The molecular weight excluding hydrogens is 208 g/mol. The number of nitrogens with zero attached hydrogens (tertiary/aromatic N) is 2. The van der Waals surface area contributed by atoms with Gasteiger partial charge in [0, 0.05) is 22.3 Å². The molecule has 0 saturated carbocycles. The van der Waals surface area contributed by atoms with Crippen LogP contribution in [-0.2, 0) is 0 Å². The lowest BCUT2D eigenvalue weighted by Crippen LogP contribution is -1.84. The third-order valence-corrected chi connectivity index (χ3v) is 3.12. The zero-order valence-corrected chi connectivity index (χ0v) is 9.34. The maximum Gasteiger partial charge on any atom is 0.169 e. The third kappa shape index (κ3) is 1.94. The van der Waals surface area contributed by atoms with E-state index in [0.29, 0.717) is 5.69 Å². The predicted octanol–water partition coefficient (Wildman–Crippen LogP) is 2.63. The van der Waals surface area contributed by atoms with Crippen LogP contribution in [0.25, 0.3) is 10.6 Å². The van der Waals surface area contributed by atoms with E-state index in [-0.39, 0.29) is 0 Å². The second-order valence-corrected chi connectivity index (χ2v) is 4.47. The van der Waals surface area contributed by atoms with Gasteiger partial charge in [0.1, 0.15) is 10.7 Å². The maximum absolute atomic E-state index is 10.7. The Morgan fingerprint density at radius 2 is 2.20 bits per heavy atom. The summed E-state index contributed by atoms with van der Waals surface area (Å²) in [6.07, 6.45) is 2.55. The Kier molecular flexibility index (Phi) is 2.60. The van der Waals surface area contributed by atoms with Gasteiger partial charge in [-0.25, -0.2) is 4.98 Å². The first kappa shape index (κ1) is 9.98. The summed E-state index contributed by atoms with van der Waals surface area (Å²) >= 11 is 1.53. The molecule has 76 valence electrons. The van der Waals surface area contributed by atoms with Crippen LogP contribution in [-0.4, -0.2) is 16.3 Å². The molecule has 3 nitrogen and oxygen atoms in total. The van der Waals surface area contributed by atoms with Crippen LogP contribution in [0.15, 0.2) is 18.3 Å². The van der Waals surface area contributed by atoms with Crippen LogP contribution in [0.5, 0.6) is 0 Å². The van der Waals surface area contributed by atoms with Gasteiger partial charge in [0.2, 0.25) is 0 Å². The van der Waals surface area contributed by atoms with Gasteiger partial charge in [0.05, 0.1) is 0 Å². The number of thiazole rings is 1. The molecule has 0 unspecified atom stereocenters. The number of aryl methyl sites for hydroxylation is 2. The standard InChI is InChI=1S/C11H10N2OS/c1-7-5-9(3-4-12-7)11-13-10(6-14)8(2)15-11/h3-6H,1-2H3. The SMILES string of the molecule is Cc1cc(-c2nc(C=O)c(C)s2)ccn1. The van der Waals surface area contributed by atoms with Crippen LogP contribution >= 0.6 is 11.3 Å². The molecule has 2 aromatic heterocycles. The molecule has 0 radical (unpaired) electrons. The third-order valence-electron chi connectivity index (χ3n) is 2.09. The molecule has 0 spiro atoms. The van der Waals surface area contributed by atoms with Gasteiger partial charge in [0.15, 0.2) is 6.29 Å². The number of aromatic nitrogens is 2. The van der Waals surface area contributed by atoms with E-state index in [1.165, 1.54) is 11.3 Å². The zero-order chi connectivity index (χ0) is 10.8. The lowest BCUT2D eigenvalue weighted by Gasteiger charge is -1.96. The van der Waals surface area contributed by atoms with Crippen LogP contribution < -0.4 is 0 Å². The second-order valence-electron chi connectivity index (χ2n) is 3.26. The van der Waals surface area contributed by atoms with Crippen molar-refractivity contribution >= 4 is 17.6 Å². The molecule has 0 saturated heterocycles. The van der Waals surface area contributed by atoms with E-state index in [2.05, 4.69) is 9.97 Å². The number of hydrogen-bond donors (Lipinski definition) is 0. The Morgan fingerprint density at radius 3 is 2.80 bits per heavy atom. The number of carbonyl (C=O) groups is 1. The average molecular weight is 218 g/mol. The smallest absolute Gasteiger partial charge is 0.169 e. The highest BCUT2D eigenvalue weighted by Gasteiger charge is 2.08. The fourth-order valence-electron chi connectivity index (χ4n) is 1.32. The fraction of sp³-hybridized carbons (Fsp3) is 0.182. The lowest BCUT2D eigenvalue weighted by atomic mass is 10.2. The number of rotatable bonds is 2. The van der Waals surface area contributed by atoms with Crippen molar-refractivity contribution < 1.29 is 4.79 Å². The van der Waals surface area contributed by atoms with E-state index in [1.54, 1.807) is 6.20 Å². The van der Waals surface area contributed by atoms with Crippen molar-refractivity contribution in [2.75, 3.05) is 0 Å². The molecule has 4 heteroatoms. The van der Waals surface area contributed by atoms with Crippen molar-refractivity contribution in [3.05, 3.63) is 34.6 Å². The summed E-state index contributed by atoms with van der Waals surface area (Å²) in [6, 6.07) is 3.87. The molecule has 0 amide bonds. The highest BCUT2D eigenvalue weighted by atomic mass is 32.1. The van der Waals surface area contributed by atoms with Crippen molar-refractivity contribution in [3.63, 3.8) is 0 Å². The Hall–Kier alpha value is -1.55. The second kappa shape index (κ2) is 3.90. The summed E-state index contributed by atoms with van der Waals surface area (Å²) in [5.41, 5.74) is 2.50. The van der Waals surface area contributed by atoms with Gasteiger partial charge in [-0.15, -0.1) is 11.3 Å². The molecule has 0 N–H and O–H groups in total. The van der Waals surface area contributed by atoms with E-state index in [0.717, 1.165) is 27.4 Å². The maximum atomic E-state index is 10.7. The normalized spacial score (nSPS) is 10.3. The first-order chi connectivity index (χ1) is 7.20. The topological polar surface area (TPSA) is 42.9 Å². The molecule has 2 rings (SSSR count). The summed E-state index contributed by atoms with van der Waals surface area (Å²) in [7, 11) is 0. The van der Waals surface area contributed by atoms with Crippen LogP contribution in [0.3, 0.4) is 0 Å². The van der Waals surface area contributed by atoms with Crippen molar-refractivity contribution in [3.8, 4) is 10.6 Å². The van der Waals surface area contributed by atoms with Crippen molar-refractivity contribution in [2.24, 2.45) is 0 Å². The van der Waals surface area contributed by atoms with Crippen molar-refractivity contribution in [1.29, 1.82) is 0 Å². The van der Waals surface area contributed by atoms with Gasteiger partial charge >= 0.3 is 0 Å². The minimum atomic E-state index is 0.532. The minimum Gasteiger partial charge on any atom is -0.296 e. The summed E-state index contributed by atoms with van der Waals surface area (Å²) < 4.78 is 0. The average Bonchev–Trinajstić information content (AvgIpc) is 2.60.